The fraction of sp³-hybridized carbons (Fsp3) is 0.429. The standard InChI is InChI=1S/C14H17N5O2/c1-8-11(13(20)18-12(17-8)9-3-4-9)14(21)19(2)7-10-15-5-6-16-10/h5-6,9H,3-4,7H2,1-2H3,(H,15,16)(H,17,18,20). The minimum atomic E-state index is -0.360. The monoisotopic (exact) mass is 287 g/mol. The lowest BCUT2D eigenvalue weighted by Crippen LogP contribution is -2.33. The van der Waals surface area contributed by atoms with Gasteiger partial charge in [-0.3, -0.25) is 9.59 Å². The molecule has 3 rings (SSSR count). The van der Waals surface area contributed by atoms with Gasteiger partial charge in [-0.05, 0) is 19.8 Å². The van der Waals surface area contributed by atoms with Gasteiger partial charge in [-0.15, -0.1) is 0 Å². The van der Waals surface area contributed by atoms with Gasteiger partial charge in [-0.2, -0.15) is 0 Å². The van der Waals surface area contributed by atoms with Crippen LogP contribution in [0.15, 0.2) is 17.2 Å². The van der Waals surface area contributed by atoms with E-state index in [0.29, 0.717) is 29.8 Å². The van der Waals surface area contributed by atoms with E-state index in [2.05, 4.69) is 19.9 Å². The second kappa shape index (κ2) is 5.16. The van der Waals surface area contributed by atoms with Crippen LogP contribution in [0.5, 0.6) is 0 Å². The topological polar surface area (TPSA) is 94.7 Å². The molecule has 1 amide bonds. The zero-order chi connectivity index (χ0) is 15.0. The van der Waals surface area contributed by atoms with Crippen molar-refractivity contribution in [2.75, 3.05) is 7.05 Å². The minimum Gasteiger partial charge on any atom is -0.347 e. The number of nitrogens with one attached hydrogen (secondary N) is 2. The minimum absolute atomic E-state index is 0.105. The van der Waals surface area contributed by atoms with E-state index in [9.17, 15) is 9.59 Å². The molecule has 1 fully saturated rings. The Morgan fingerprint density at radius 3 is 2.81 bits per heavy atom. The summed E-state index contributed by atoms with van der Waals surface area (Å²) in [5.74, 6) is 1.37. The summed E-state index contributed by atoms with van der Waals surface area (Å²) in [7, 11) is 1.64. The molecule has 0 saturated heterocycles. The predicted molar refractivity (Wildman–Crippen MR) is 76.0 cm³/mol. The maximum atomic E-state index is 12.4. The number of H-pyrrole nitrogens is 2. The van der Waals surface area contributed by atoms with Crippen molar-refractivity contribution in [3.05, 3.63) is 45.7 Å². The molecule has 0 bridgehead atoms. The van der Waals surface area contributed by atoms with Crippen molar-refractivity contribution in [1.29, 1.82) is 0 Å². The Labute approximate surface area is 121 Å². The predicted octanol–water partition coefficient (Wildman–Crippen LogP) is 0.951. The number of hydrogen-bond donors (Lipinski definition) is 2. The number of rotatable bonds is 4. The smallest absolute Gasteiger partial charge is 0.264 e. The highest BCUT2D eigenvalue weighted by molar-refractivity contribution is 5.94. The summed E-state index contributed by atoms with van der Waals surface area (Å²) in [5.41, 5.74) is 0.228. The van der Waals surface area contributed by atoms with E-state index in [0.717, 1.165) is 12.8 Å². The molecule has 110 valence electrons. The van der Waals surface area contributed by atoms with Gasteiger partial charge in [0, 0.05) is 25.4 Å². The van der Waals surface area contributed by atoms with Crippen LogP contribution in [0.4, 0.5) is 0 Å². The van der Waals surface area contributed by atoms with Gasteiger partial charge in [0.1, 0.15) is 17.2 Å². The first kappa shape index (κ1) is 13.5. The van der Waals surface area contributed by atoms with E-state index in [1.54, 1.807) is 26.4 Å². The van der Waals surface area contributed by atoms with Crippen LogP contribution in [0.1, 0.15) is 46.5 Å². The van der Waals surface area contributed by atoms with Gasteiger partial charge in [0.05, 0.1) is 12.2 Å². The Hall–Kier alpha value is -2.44. The third-order valence-corrected chi connectivity index (χ3v) is 3.59. The highest BCUT2D eigenvalue weighted by Gasteiger charge is 2.28. The molecule has 0 atom stereocenters. The fourth-order valence-electron chi connectivity index (χ4n) is 2.28. The largest absolute Gasteiger partial charge is 0.347 e. The number of hydrogen-bond acceptors (Lipinski definition) is 4. The molecule has 2 aromatic rings. The third kappa shape index (κ3) is 2.72. The summed E-state index contributed by atoms with van der Waals surface area (Å²) in [4.78, 5) is 40.2. The van der Waals surface area contributed by atoms with E-state index in [-0.39, 0.29) is 17.0 Å². The van der Waals surface area contributed by atoms with Crippen LogP contribution >= 0.6 is 0 Å². The molecular weight excluding hydrogens is 270 g/mol. The average Bonchev–Trinajstić information content (AvgIpc) is 3.17. The molecule has 1 aliphatic rings. The summed E-state index contributed by atoms with van der Waals surface area (Å²) in [5, 5.41) is 0. The van der Waals surface area contributed by atoms with E-state index < -0.39 is 0 Å². The fourth-order valence-corrected chi connectivity index (χ4v) is 2.28. The second-order valence-electron chi connectivity index (χ2n) is 5.38. The quantitative estimate of drug-likeness (QED) is 0.875. The zero-order valence-corrected chi connectivity index (χ0v) is 12.0. The van der Waals surface area contributed by atoms with Crippen LogP contribution in [0.2, 0.25) is 0 Å². The van der Waals surface area contributed by atoms with Crippen LogP contribution in [0.25, 0.3) is 0 Å². The summed E-state index contributed by atoms with van der Waals surface area (Å²) in [6.07, 6.45) is 5.41. The second-order valence-corrected chi connectivity index (χ2v) is 5.38. The van der Waals surface area contributed by atoms with Gasteiger partial charge >= 0.3 is 0 Å². The third-order valence-electron chi connectivity index (χ3n) is 3.59. The van der Waals surface area contributed by atoms with Crippen LogP contribution in [-0.4, -0.2) is 37.8 Å². The molecule has 0 aliphatic heterocycles. The molecule has 7 nitrogen and oxygen atoms in total. The van der Waals surface area contributed by atoms with E-state index in [1.807, 2.05) is 0 Å². The Bertz CT molecular complexity index is 715. The normalized spacial score (nSPS) is 14.2. The van der Waals surface area contributed by atoms with Crippen molar-refractivity contribution in [1.82, 2.24) is 24.8 Å². The Morgan fingerprint density at radius 2 is 2.24 bits per heavy atom. The van der Waals surface area contributed by atoms with Gasteiger partial charge in [0.15, 0.2) is 0 Å². The van der Waals surface area contributed by atoms with Crippen molar-refractivity contribution in [3.63, 3.8) is 0 Å². The average molecular weight is 287 g/mol. The SMILES string of the molecule is Cc1nc(C2CC2)[nH]c(=O)c1C(=O)N(C)Cc1ncc[nH]1. The molecular formula is C14H17N5O2. The number of imidazole rings is 1. The first-order valence-electron chi connectivity index (χ1n) is 6.91. The first-order valence-corrected chi connectivity index (χ1v) is 6.91. The van der Waals surface area contributed by atoms with Gasteiger partial charge in [-0.25, -0.2) is 9.97 Å². The summed E-state index contributed by atoms with van der Waals surface area (Å²) in [6.45, 7) is 2.02. The van der Waals surface area contributed by atoms with Crippen LogP contribution < -0.4 is 5.56 Å². The molecule has 0 aromatic carbocycles. The number of aromatic amines is 2. The lowest BCUT2D eigenvalue weighted by molar-refractivity contribution is 0.0778. The van der Waals surface area contributed by atoms with E-state index in [1.165, 1.54) is 4.90 Å². The number of carbonyl (C=O) groups excluding carboxylic acids is 1. The number of amides is 1. The first-order chi connectivity index (χ1) is 10.1. The molecule has 2 heterocycles. The summed E-state index contributed by atoms with van der Waals surface area (Å²) < 4.78 is 0. The van der Waals surface area contributed by atoms with Crippen molar-refractivity contribution < 1.29 is 4.79 Å². The molecule has 0 radical (unpaired) electrons. The molecule has 0 unspecified atom stereocenters. The van der Waals surface area contributed by atoms with Crippen LogP contribution in [0.3, 0.4) is 0 Å². The zero-order valence-electron chi connectivity index (χ0n) is 12.0. The molecule has 2 aromatic heterocycles. The summed E-state index contributed by atoms with van der Waals surface area (Å²) >= 11 is 0. The molecule has 21 heavy (non-hydrogen) atoms. The maximum Gasteiger partial charge on any atom is 0.264 e. The van der Waals surface area contributed by atoms with Gasteiger partial charge < -0.3 is 14.9 Å². The molecule has 0 spiro atoms. The maximum absolute atomic E-state index is 12.4. The van der Waals surface area contributed by atoms with Gasteiger partial charge in [0.25, 0.3) is 11.5 Å². The van der Waals surface area contributed by atoms with E-state index in [4.69, 9.17) is 0 Å². The molecule has 1 aliphatic carbocycles. The molecule has 1 saturated carbocycles. The number of nitrogens with zero attached hydrogens (tertiary/aromatic N) is 3. The number of carbonyl (C=O) groups is 1. The van der Waals surface area contributed by atoms with Crippen LogP contribution in [0, 0.1) is 6.92 Å². The Morgan fingerprint density at radius 1 is 1.48 bits per heavy atom. The van der Waals surface area contributed by atoms with E-state index >= 15 is 0 Å². The Balaban J connectivity index is 1.85. The van der Waals surface area contributed by atoms with Gasteiger partial charge in [0.2, 0.25) is 0 Å². The highest BCUT2D eigenvalue weighted by atomic mass is 16.2. The lowest BCUT2D eigenvalue weighted by Gasteiger charge is -2.16. The van der Waals surface area contributed by atoms with Crippen molar-refractivity contribution in [2.45, 2.75) is 32.2 Å². The lowest BCUT2D eigenvalue weighted by atomic mass is 10.2. The Kier molecular flexibility index (Phi) is 3.32. The van der Waals surface area contributed by atoms with Crippen molar-refractivity contribution in [2.24, 2.45) is 0 Å². The number of aromatic nitrogens is 4. The van der Waals surface area contributed by atoms with Gasteiger partial charge in [-0.1, -0.05) is 0 Å². The van der Waals surface area contributed by atoms with Crippen molar-refractivity contribution in [3.8, 4) is 0 Å². The molecule has 2 N–H and O–H groups in total. The highest BCUT2D eigenvalue weighted by Crippen LogP contribution is 2.37. The molecule has 7 heteroatoms. The number of aryl methyl sites for hydroxylation is 1. The van der Waals surface area contributed by atoms with Crippen LogP contribution in [-0.2, 0) is 6.54 Å². The summed E-state index contributed by atoms with van der Waals surface area (Å²) in [6, 6.07) is 0. The van der Waals surface area contributed by atoms with Crippen molar-refractivity contribution >= 4 is 5.91 Å².